The minimum atomic E-state index is -1.02. The molecule has 1 saturated carbocycles. The van der Waals surface area contributed by atoms with Gasteiger partial charge in [0.1, 0.15) is 5.76 Å². The lowest BCUT2D eigenvalue weighted by Gasteiger charge is -2.03. The predicted octanol–water partition coefficient (Wildman–Crippen LogP) is 2.93. The Bertz CT molecular complexity index is 618. The molecule has 3 rings (SSSR count). The molecule has 4 heteroatoms. The van der Waals surface area contributed by atoms with E-state index >= 15 is 0 Å². The lowest BCUT2D eigenvalue weighted by molar-refractivity contribution is 0.0661. The Morgan fingerprint density at radius 3 is 2.80 bits per heavy atom. The summed E-state index contributed by atoms with van der Waals surface area (Å²) in [5.41, 5.74) is 2.28. The molecule has 0 radical (unpaired) electrons. The lowest BCUT2D eigenvalue weighted by atomic mass is 10.1. The maximum absolute atomic E-state index is 10.8. The number of nitrogens with one attached hydrogen (secondary N) is 1. The molecular weight excluding hydrogens is 254 g/mol. The van der Waals surface area contributed by atoms with Crippen molar-refractivity contribution >= 4 is 5.97 Å². The van der Waals surface area contributed by atoms with Crippen LogP contribution in [-0.4, -0.2) is 17.1 Å². The Hall–Kier alpha value is -2.07. The van der Waals surface area contributed by atoms with Crippen LogP contribution in [0.3, 0.4) is 0 Å². The SMILES string of the molecule is Cc1oc(C(=O)O)cc1CNC1CC1c1ccccc1. The van der Waals surface area contributed by atoms with Crippen LogP contribution < -0.4 is 5.32 Å². The van der Waals surface area contributed by atoms with Crippen molar-refractivity contribution in [2.45, 2.75) is 31.8 Å². The molecule has 0 spiro atoms. The van der Waals surface area contributed by atoms with Gasteiger partial charge in [0.15, 0.2) is 0 Å². The van der Waals surface area contributed by atoms with Crippen LogP contribution >= 0.6 is 0 Å². The second kappa shape index (κ2) is 5.13. The second-order valence-electron chi connectivity index (χ2n) is 5.24. The lowest BCUT2D eigenvalue weighted by Crippen LogP contribution is -2.17. The Morgan fingerprint density at radius 2 is 2.15 bits per heavy atom. The summed E-state index contributed by atoms with van der Waals surface area (Å²) in [5.74, 6) is 0.233. The third-order valence-corrected chi connectivity index (χ3v) is 3.80. The molecule has 104 valence electrons. The van der Waals surface area contributed by atoms with Crippen molar-refractivity contribution in [1.29, 1.82) is 0 Å². The van der Waals surface area contributed by atoms with E-state index < -0.39 is 5.97 Å². The fourth-order valence-electron chi connectivity index (χ4n) is 2.53. The van der Waals surface area contributed by atoms with E-state index in [2.05, 4.69) is 29.6 Å². The van der Waals surface area contributed by atoms with Gasteiger partial charge in [-0.05, 0) is 25.0 Å². The first-order chi connectivity index (χ1) is 9.65. The number of rotatable bonds is 5. The maximum atomic E-state index is 10.8. The fourth-order valence-corrected chi connectivity index (χ4v) is 2.53. The van der Waals surface area contributed by atoms with Crippen molar-refractivity contribution in [2.75, 3.05) is 0 Å². The molecule has 2 aromatic rings. The normalized spacial score (nSPS) is 20.9. The number of aryl methyl sites for hydroxylation is 1. The molecule has 1 aliphatic rings. The Balaban J connectivity index is 1.58. The van der Waals surface area contributed by atoms with Gasteiger partial charge in [-0.15, -0.1) is 0 Å². The van der Waals surface area contributed by atoms with Crippen molar-refractivity contribution < 1.29 is 14.3 Å². The molecule has 1 aromatic heterocycles. The zero-order valence-electron chi connectivity index (χ0n) is 11.3. The van der Waals surface area contributed by atoms with Gasteiger partial charge in [0.2, 0.25) is 5.76 Å². The van der Waals surface area contributed by atoms with Crippen LogP contribution in [0.5, 0.6) is 0 Å². The number of carbonyl (C=O) groups is 1. The number of furan rings is 1. The molecule has 0 aliphatic heterocycles. The first-order valence-electron chi connectivity index (χ1n) is 6.76. The van der Waals surface area contributed by atoms with E-state index in [1.165, 1.54) is 5.56 Å². The number of hydrogen-bond donors (Lipinski definition) is 2. The van der Waals surface area contributed by atoms with E-state index in [9.17, 15) is 4.79 Å². The summed E-state index contributed by atoms with van der Waals surface area (Å²) in [4.78, 5) is 10.8. The summed E-state index contributed by atoms with van der Waals surface area (Å²) in [6.07, 6.45) is 1.13. The molecule has 0 saturated heterocycles. The topological polar surface area (TPSA) is 62.5 Å². The Morgan fingerprint density at radius 1 is 1.40 bits per heavy atom. The summed E-state index contributed by atoms with van der Waals surface area (Å²) >= 11 is 0. The van der Waals surface area contributed by atoms with Crippen LogP contribution in [0.15, 0.2) is 40.8 Å². The molecule has 2 N–H and O–H groups in total. The first-order valence-corrected chi connectivity index (χ1v) is 6.76. The number of carboxylic acids is 1. The molecule has 0 bridgehead atoms. The zero-order chi connectivity index (χ0) is 14.1. The molecule has 4 nitrogen and oxygen atoms in total. The van der Waals surface area contributed by atoms with E-state index in [4.69, 9.17) is 9.52 Å². The van der Waals surface area contributed by atoms with Crippen molar-refractivity contribution in [3.05, 3.63) is 59.0 Å². The van der Waals surface area contributed by atoms with Crippen LogP contribution in [0.4, 0.5) is 0 Å². The molecular formula is C16H17NO3. The molecule has 20 heavy (non-hydrogen) atoms. The predicted molar refractivity (Wildman–Crippen MR) is 74.8 cm³/mol. The molecule has 2 atom stereocenters. The van der Waals surface area contributed by atoms with Gasteiger partial charge in [-0.3, -0.25) is 0 Å². The molecule has 0 amide bonds. The quantitative estimate of drug-likeness (QED) is 0.877. The highest BCUT2D eigenvalue weighted by atomic mass is 16.4. The van der Waals surface area contributed by atoms with Crippen molar-refractivity contribution in [3.63, 3.8) is 0 Å². The highest BCUT2D eigenvalue weighted by Gasteiger charge is 2.37. The van der Waals surface area contributed by atoms with E-state index in [0.29, 0.717) is 24.3 Å². The fraction of sp³-hybridized carbons (Fsp3) is 0.312. The molecule has 1 aliphatic carbocycles. The summed E-state index contributed by atoms with van der Waals surface area (Å²) < 4.78 is 5.20. The maximum Gasteiger partial charge on any atom is 0.371 e. The number of aromatic carboxylic acids is 1. The van der Waals surface area contributed by atoms with Gasteiger partial charge in [-0.1, -0.05) is 30.3 Å². The van der Waals surface area contributed by atoms with Crippen LogP contribution in [0.1, 0.15) is 39.8 Å². The van der Waals surface area contributed by atoms with Crippen LogP contribution in [-0.2, 0) is 6.54 Å². The number of hydrogen-bond acceptors (Lipinski definition) is 3. The Kier molecular flexibility index (Phi) is 3.32. The third-order valence-electron chi connectivity index (χ3n) is 3.80. The van der Waals surface area contributed by atoms with Gasteiger partial charge in [-0.25, -0.2) is 4.79 Å². The molecule has 2 unspecified atom stereocenters. The second-order valence-corrected chi connectivity index (χ2v) is 5.24. The summed E-state index contributed by atoms with van der Waals surface area (Å²) in [7, 11) is 0. The van der Waals surface area contributed by atoms with Gasteiger partial charge >= 0.3 is 5.97 Å². The third kappa shape index (κ3) is 2.60. The van der Waals surface area contributed by atoms with E-state index in [1.54, 1.807) is 13.0 Å². The highest BCUT2D eigenvalue weighted by Crippen LogP contribution is 2.40. The largest absolute Gasteiger partial charge is 0.475 e. The van der Waals surface area contributed by atoms with Gasteiger partial charge in [0.25, 0.3) is 0 Å². The van der Waals surface area contributed by atoms with Crippen LogP contribution in [0.25, 0.3) is 0 Å². The highest BCUT2D eigenvalue weighted by molar-refractivity contribution is 5.84. The van der Waals surface area contributed by atoms with Gasteiger partial charge < -0.3 is 14.8 Å². The minimum Gasteiger partial charge on any atom is -0.475 e. The zero-order valence-corrected chi connectivity index (χ0v) is 11.3. The summed E-state index contributed by atoms with van der Waals surface area (Å²) in [6, 6.07) is 12.5. The van der Waals surface area contributed by atoms with Crippen molar-refractivity contribution in [2.24, 2.45) is 0 Å². The number of carboxylic acid groups (broad SMARTS) is 1. The van der Waals surface area contributed by atoms with Gasteiger partial charge in [0, 0.05) is 24.1 Å². The smallest absolute Gasteiger partial charge is 0.371 e. The molecule has 1 heterocycles. The number of benzene rings is 1. The van der Waals surface area contributed by atoms with Crippen LogP contribution in [0.2, 0.25) is 0 Å². The van der Waals surface area contributed by atoms with E-state index in [0.717, 1.165) is 12.0 Å². The minimum absolute atomic E-state index is 0.00899. The molecule has 1 aromatic carbocycles. The Labute approximate surface area is 117 Å². The van der Waals surface area contributed by atoms with Gasteiger partial charge in [-0.2, -0.15) is 0 Å². The summed E-state index contributed by atoms with van der Waals surface area (Å²) in [5, 5.41) is 12.4. The average molecular weight is 271 g/mol. The van der Waals surface area contributed by atoms with E-state index in [1.807, 2.05) is 6.07 Å². The standard InChI is InChI=1S/C16H17NO3/c1-10-12(7-15(20-10)16(18)19)9-17-14-8-13(14)11-5-3-2-4-6-11/h2-7,13-14,17H,8-9H2,1H3,(H,18,19). The molecule has 1 fully saturated rings. The monoisotopic (exact) mass is 271 g/mol. The van der Waals surface area contributed by atoms with Crippen molar-refractivity contribution in [1.82, 2.24) is 5.32 Å². The summed E-state index contributed by atoms with van der Waals surface area (Å²) in [6.45, 7) is 2.45. The van der Waals surface area contributed by atoms with Crippen LogP contribution in [0, 0.1) is 6.92 Å². The van der Waals surface area contributed by atoms with E-state index in [-0.39, 0.29) is 5.76 Å². The van der Waals surface area contributed by atoms with Gasteiger partial charge in [0.05, 0.1) is 0 Å². The average Bonchev–Trinajstić information content (AvgIpc) is 3.13. The first kappa shape index (κ1) is 12.9. The van der Waals surface area contributed by atoms with Crippen molar-refractivity contribution in [3.8, 4) is 0 Å².